The van der Waals surface area contributed by atoms with Gasteiger partial charge in [0.15, 0.2) is 0 Å². The van der Waals surface area contributed by atoms with E-state index in [1.807, 2.05) is 0 Å². The SMILES string of the molecule is O=C=NP(=O)(N=C=O)c1ccc(Cl)cc1. The molecule has 0 saturated heterocycles. The lowest BCUT2D eigenvalue weighted by atomic mass is 10.4. The van der Waals surface area contributed by atoms with Crippen LogP contribution in [0.2, 0.25) is 5.02 Å². The van der Waals surface area contributed by atoms with Gasteiger partial charge in [-0.15, -0.1) is 9.53 Å². The topological polar surface area (TPSA) is 75.9 Å². The number of nitrogens with zero attached hydrogens (tertiary/aromatic N) is 2. The number of carbonyl (C=O) groups excluding carboxylic acids is 2. The van der Waals surface area contributed by atoms with Gasteiger partial charge >= 0.3 is 7.44 Å². The highest BCUT2D eigenvalue weighted by Crippen LogP contribution is 2.46. The van der Waals surface area contributed by atoms with E-state index in [9.17, 15) is 14.2 Å². The standard InChI is InChI=1S/C8H4ClN2O3P/c9-7-1-3-8(4-2-7)15(14,10-5-12)11-6-13/h1-4H. The lowest BCUT2D eigenvalue weighted by Crippen LogP contribution is -2.00. The number of benzene rings is 1. The van der Waals surface area contributed by atoms with Crippen LogP contribution in [-0.2, 0) is 14.2 Å². The van der Waals surface area contributed by atoms with Crippen molar-refractivity contribution >= 4 is 36.5 Å². The van der Waals surface area contributed by atoms with Gasteiger partial charge in [-0.2, -0.15) is 0 Å². The second-order valence-corrected chi connectivity index (χ2v) is 4.84. The second kappa shape index (κ2) is 4.83. The van der Waals surface area contributed by atoms with Crippen molar-refractivity contribution in [2.45, 2.75) is 0 Å². The first-order valence-electron chi connectivity index (χ1n) is 3.67. The molecule has 0 aliphatic heterocycles. The maximum Gasteiger partial charge on any atom is 0.349 e. The first kappa shape index (κ1) is 11.6. The van der Waals surface area contributed by atoms with Gasteiger partial charge in [0.1, 0.15) is 0 Å². The maximum absolute atomic E-state index is 11.8. The molecule has 0 aliphatic carbocycles. The Morgan fingerprint density at radius 1 is 1.07 bits per heavy atom. The molecule has 0 amide bonds. The monoisotopic (exact) mass is 242 g/mol. The van der Waals surface area contributed by atoms with Gasteiger partial charge < -0.3 is 0 Å². The minimum atomic E-state index is -3.75. The third-order valence-corrected chi connectivity index (χ3v) is 3.44. The van der Waals surface area contributed by atoms with Gasteiger partial charge in [0.25, 0.3) is 0 Å². The van der Waals surface area contributed by atoms with E-state index in [0.717, 1.165) is 12.2 Å². The predicted molar refractivity (Wildman–Crippen MR) is 54.9 cm³/mol. The van der Waals surface area contributed by atoms with Crippen LogP contribution in [-0.4, -0.2) is 12.2 Å². The van der Waals surface area contributed by atoms with Crippen molar-refractivity contribution in [3.8, 4) is 0 Å². The van der Waals surface area contributed by atoms with Crippen molar-refractivity contribution in [1.29, 1.82) is 0 Å². The van der Waals surface area contributed by atoms with Crippen LogP contribution in [0.1, 0.15) is 0 Å². The molecule has 1 rings (SSSR count). The third kappa shape index (κ3) is 2.72. The Balaban J connectivity index is 3.33. The molecule has 0 saturated carbocycles. The zero-order valence-corrected chi connectivity index (χ0v) is 8.90. The molecular formula is C8H4ClN2O3P. The van der Waals surface area contributed by atoms with E-state index in [0.29, 0.717) is 5.02 Å². The van der Waals surface area contributed by atoms with E-state index in [-0.39, 0.29) is 5.30 Å². The smallest absolute Gasteiger partial charge is 0.265 e. The zero-order chi connectivity index (χ0) is 11.3. The van der Waals surface area contributed by atoms with Crippen molar-refractivity contribution in [2.24, 2.45) is 9.53 Å². The summed E-state index contributed by atoms with van der Waals surface area (Å²) >= 11 is 5.61. The van der Waals surface area contributed by atoms with E-state index < -0.39 is 7.44 Å². The number of hydrogen-bond acceptors (Lipinski definition) is 3. The maximum atomic E-state index is 11.8. The summed E-state index contributed by atoms with van der Waals surface area (Å²) in [5.41, 5.74) is 0. The van der Waals surface area contributed by atoms with Crippen LogP contribution >= 0.6 is 19.0 Å². The molecular weight excluding hydrogens is 239 g/mol. The average molecular weight is 243 g/mol. The lowest BCUT2D eigenvalue weighted by Gasteiger charge is -2.03. The molecule has 15 heavy (non-hydrogen) atoms. The summed E-state index contributed by atoms with van der Waals surface area (Å²) in [4.78, 5) is 20.1. The summed E-state index contributed by atoms with van der Waals surface area (Å²) in [7, 11) is -3.75. The molecule has 7 heteroatoms. The molecule has 1 aromatic carbocycles. The summed E-state index contributed by atoms with van der Waals surface area (Å²) < 4.78 is 17.9. The third-order valence-electron chi connectivity index (χ3n) is 1.52. The highest BCUT2D eigenvalue weighted by Gasteiger charge is 2.23. The molecule has 0 N–H and O–H groups in total. The number of rotatable bonds is 3. The normalized spacial score (nSPS) is 13.1. The van der Waals surface area contributed by atoms with Crippen LogP contribution in [0, 0.1) is 0 Å². The van der Waals surface area contributed by atoms with Crippen molar-refractivity contribution in [1.82, 2.24) is 0 Å². The lowest BCUT2D eigenvalue weighted by molar-refractivity contribution is 0.560. The summed E-state index contributed by atoms with van der Waals surface area (Å²) in [6.07, 6.45) is 2.22. The van der Waals surface area contributed by atoms with Gasteiger partial charge in [0, 0.05) is 5.02 Å². The molecule has 0 atom stereocenters. The van der Waals surface area contributed by atoms with Gasteiger partial charge in [-0.25, -0.2) is 9.59 Å². The van der Waals surface area contributed by atoms with Crippen LogP contribution in [0.5, 0.6) is 0 Å². The molecule has 0 spiro atoms. The van der Waals surface area contributed by atoms with Gasteiger partial charge in [0.2, 0.25) is 12.2 Å². The van der Waals surface area contributed by atoms with Crippen LogP contribution in [0.25, 0.3) is 0 Å². The fourth-order valence-corrected chi connectivity index (χ4v) is 2.04. The highest BCUT2D eigenvalue weighted by molar-refractivity contribution is 7.69. The van der Waals surface area contributed by atoms with E-state index in [1.54, 1.807) is 0 Å². The van der Waals surface area contributed by atoms with E-state index >= 15 is 0 Å². The molecule has 0 aliphatic rings. The first-order chi connectivity index (χ1) is 7.12. The van der Waals surface area contributed by atoms with Crippen LogP contribution in [0.4, 0.5) is 0 Å². The molecule has 0 unspecified atom stereocenters. The molecule has 1 aromatic rings. The van der Waals surface area contributed by atoms with Gasteiger partial charge in [-0.1, -0.05) is 11.6 Å². The fraction of sp³-hybridized carbons (Fsp3) is 0. The molecule has 0 aromatic heterocycles. The minimum Gasteiger partial charge on any atom is -0.265 e. The number of halogens is 1. The largest absolute Gasteiger partial charge is 0.349 e. The Morgan fingerprint density at radius 3 is 1.93 bits per heavy atom. The van der Waals surface area contributed by atoms with Crippen molar-refractivity contribution in [3.05, 3.63) is 29.3 Å². The first-order valence-corrected chi connectivity index (χ1v) is 5.66. The van der Waals surface area contributed by atoms with Crippen molar-refractivity contribution < 1.29 is 14.2 Å². The van der Waals surface area contributed by atoms with E-state index in [4.69, 9.17) is 11.6 Å². The van der Waals surface area contributed by atoms with Crippen molar-refractivity contribution in [3.63, 3.8) is 0 Å². The summed E-state index contributed by atoms with van der Waals surface area (Å²) in [6, 6.07) is 5.63. The summed E-state index contributed by atoms with van der Waals surface area (Å²) in [5.74, 6) is 0. The van der Waals surface area contributed by atoms with Crippen LogP contribution in [0.15, 0.2) is 33.8 Å². The second-order valence-electron chi connectivity index (χ2n) is 2.40. The van der Waals surface area contributed by atoms with Crippen LogP contribution < -0.4 is 5.30 Å². The molecule has 0 bridgehead atoms. The fourth-order valence-electron chi connectivity index (χ4n) is 0.884. The number of hydrogen-bond donors (Lipinski definition) is 0. The average Bonchev–Trinajstić information content (AvgIpc) is 2.19. The Hall–Kier alpha value is -1.50. The summed E-state index contributed by atoms with van der Waals surface area (Å²) in [5, 5.41) is 0.550. The van der Waals surface area contributed by atoms with Gasteiger partial charge in [-0.3, -0.25) is 4.57 Å². The Morgan fingerprint density at radius 2 is 1.53 bits per heavy atom. The van der Waals surface area contributed by atoms with Crippen molar-refractivity contribution in [2.75, 3.05) is 0 Å². The van der Waals surface area contributed by atoms with Crippen LogP contribution in [0.3, 0.4) is 0 Å². The molecule has 0 heterocycles. The Labute approximate surface area is 90.0 Å². The quantitative estimate of drug-likeness (QED) is 0.461. The Bertz CT molecular complexity index is 479. The highest BCUT2D eigenvalue weighted by atomic mass is 35.5. The number of isocyanates is 2. The van der Waals surface area contributed by atoms with E-state index in [1.165, 1.54) is 24.3 Å². The zero-order valence-electron chi connectivity index (χ0n) is 7.25. The van der Waals surface area contributed by atoms with Gasteiger partial charge in [0.05, 0.1) is 5.30 Å². The minimum absolute atomic E-state index is 0.124. The molecule has 0 fully saturated rings. The van der Waals surface area contributed by atoms with Gasteiger partial charge in [-0.05, 0) is 24.3 Å². The van der Waals surface area contributed by atoms with E-state index in [2.05, 4.69) is 9.53 Å². The molecule has 0 radical (unpaired) electrons. The molecule has 76 valence electrons. The Kier molecular flexibility index (Phi) is 3.73. The summed E-state index contributed by atoms with van der Waals surface area (Å²) in [6.45, 7) is 0. The predicted octanol–water partition coefficient (Wildman–Crippen LogP) is 1.83. The molecule has 5 nitrogen and oxygen atoms in total.